The van der Waals surface area contributed by atoms with Crippen LogP contribution in [0.2, 0.25) is 0 Å². The Labute approximate surface area is 171 Å². The van der Waals surface area contributed by atoms with Crippen molar-refractivity contribution in [1.29, 1.82) is 0 Å². The molecule has 1 unspecified atom stereocenters. The summed E-state index contributed by atoms with van der Waals surface area (Å²) >= 11 is 0. The van der Waals surface area contributed by atoms with E-state index in [1.54, 1.807) is 25.4 Å². The first-order valence-electron chi connectivity index (χ1n) is 9.13. The number of benzene rings is 2. The molecule has 0 fully saturated rings. The van der Waals surface area contributed by atoms with E-state index in [9.17, 15) is 19.7 Å². The Morgan fingerprint density at radius 1 is 1.17 bits per heavy atom. The molecule has 0 aliphatic heterocycles. The molecule has 1 amide bonds. The lowest BCUT2D eigenvalue weighted by molar-refractivity contribution is -0.696. The van der Waals surface area contributed by atoms with Gasteiger partial charge in [-0.15, -0.1) is 0 Å². The number of nitro benzene ring substituents is 1. The average molecular weight is 407 g/mol. The van der Waals surface area contributed by atoms with Gasteiger partial charge in [0.15, 0.2) is 12.4 Å². The lowest BCUT2D eigenvalue weighted by Gasteiger charge is -2.10. The number of hydrogen-bond donors (Lipinski definition) is 1. The summed E-state index contributed by atoms with van der Waals surface area (Å²) in [4.78, 5) is 35.3. The summed E-state index contributed by atoms with van der Waals surface area (Å²) in [7, 11) is 0. The van der Waals surface area contributed by atoms with Crippen molar-refractivity contribution in [3.63, 3.8) is 0 Å². The average Bonchev–Trinajstić information content (AvgIpc) is 2.74. The van der Waals surface area contributed by atoms with E-state index in [-0.39, 0.29) is 12.3 Å². The highest BCUT2D eigenvalue weighted by Crippen LogP contribution is 2.12. The molecule has 1 N–H and O–H groups in total. The summed E-state index contributed by atoms with van der Waals surface area (Å²) < 4.78 is 6.52. The minimum absolute atomic E-state index is 0.0498. The Kier molecular flexibility index (Phi) is 6.43. The van der Waals surface area contributed by atoms with Crippen molar-refractivity contribution >= 4 is 34.6 Å². The van der Waals surface area contributed by atoms with Gasteiger partial charge >= 0.3 is 17.9 Å². The molecular weight excluding hydrogens is 388 g/mol. The highest BCUT2D eigenvalue weighted by Gasteiger charge is 2.37. The van der Waals surface area contributed by atoms with Crippen molar-refractivity contribution in [1.82, 2.24) is 5.43 Å². The number of non-ortho nitro benzene ring substituents is 1. The number of rotatable bonds is 7. The highest BCUT2D eigenvalue weighted by atomic mass is 16.6. The third-order valence-electron chi connectivity index (χ3n) is 4.26. The Balaban J connectivity index is 1.79. The second-order valence-electron chi connectivity index (χ2n) is 6.26. The van der Waals surface area contributed by atoms with Gasteiger partial charge in [-0.1, -0.05) is 18.2 Å². The summed E-state index contributed by atoms with van der Waals surface area (Å²) in [6, 6.07) is 13.7. The molecule has 1 aromatic heterocycles. The lowest BCUT2D eigenvalue weighted by Crippen LogP contribution is -2.51. The first-order chi connectivity index (χ1) is 14.5. The van der Waals surface area contributed by atoms with Crippen LogP contribution in [0.25, 0.3) is 10.8 Å². The standard InChI is InChI=1S/C21H18N4O5/c1-2-30-21(27)19(24-12-11-16-5-3-4-6-17(16)14-24)20(26)23-22-13-15-7-9-18(10-8-15)25(28)29/h3-14,19H,2H2,1H3/p+1. The number of pyridine rings is 1. The molecule has 2 aromatic carbocycles. The summed E-state index contributed by atoms with van der Waals surface area (Å²) in [5.74, 6) is -1.38. The second-order valence-corrected chi connectivity index (χ2v) is 6.26. The van der Waals surface area contributed by atoms with Crippen LogP contribution in [-0.2, 0) is 14.3 Å². The molecule has 1 atom stereocenters. The van der Waals surface area contributed by atoms with Crippen molar-refractivity contribution in [2.75, 3.05) is 6.61 Å². The van der Waals surface area contributed by atoms with Gasteiger partial charge in [-0.2, -0.15) is 9.67 Å². The minimum Gasteiger partial charge on any atom is -0.461 e. The molecule has 1 heterocycles. The Hall–Kier alpha value is -4.14. The fourth-order valence-corrected chi connectivity index (χ4v) is 2.81. The van der Waals surface area contributed by atoms with Gasteiger partial charge in [0.05, 0.1) is 17.7 Å². The van der Waals surface area contributed by atoms with E-state index in [0.717, 1.165) is 10.8 Å². The Bertz CT molecular complexity index is 1110. The molecule has 30 heavy (non-hydrogen) atoms. The normalized spacial score (nSPS) is 11.9. The summed E-state index contributed by atoms with van der Waals surface area (Å²) in [6.07, 6.45) is 4.65. The molecule has 0 saturated carbocycles. The molecule has 3 aromatic rings. The highest BCUT2D eigenvalue weighted by molar-refractivity contribution is 5.98. The van der Waals surface area contributed by atoms with Crippen LogP contribution in [0.15, 0.2) is 72.1 Å². The van der Waals surface area contributed by atoms with E-state index >= 15 is 0 Å². The van der Waals surface area contributed by atoms with Gasteiger partial charge in [0.25, 0.3) is 5.69 Å². The van der Waals surface area contributed by atoms with Crippen LogP contribution in [0.3, 0.4) is 0 Å². The quantitative estimate of drug-likeness (QED) is 0.161. The second kappa shape index (κ2) is 9.37. The lowest BCUT2D eigenvalue weighted by atomic mass is 10.1. The number of nitro groups is 1. The van der Waals surface area contributed by atoms with Crippen molar-refractivity contribution < 1.29 is 23.8 Å². The molecule has 0 aliphatic carbocycles. The summed E-state index contributed by atoms with van der Waals surface area (Å²) in [5, 5.41) is 16.4. The fourth-order valence-electron chi connectivity index (χ4n) is 2.81. The monoisotopic (exact) mass is 407 g/mol. The number of esters is 1. The Morgan fingerprint density at radius 3 is 2.53 bits per heavy atom. The smallest absolute Gasteiger partial charge is 0.386 e. The molecule has 0 bridgehead atoms. The van der Waals surface area contributed by atoms with Crippen molar-refractivity contribution in [2.45, 2.75) is 13.0 Å². The van der Waals surface area contributed by atoms with Gasteiger partial charge in [0.2, 0.25) is 0 Å². The van der Waals surface area contributed by atoms with Gasteiger partial charge in [-0.3, -0.25) is 14.9 Å². The van der Waals surface area contributed by atoms with E-state index in [4.69, 9.17) is 4.74 Å². The summed E-state index contributed by atoms with van der Waals surface area (Å²) in [5.41, 5.74) is 2.83. The van der Waals surface area contributed by atoms with Crippen LogP contribution in [0, 0.1) is 10.1 Å². The number of amides is 1. The van der Waals surface area contributed by atoms with E-state index in [2.05, 4.69) is 10.5 Å². The number of ether oxygens (including phenoxy) is 1. The van der Waals surface area contributed by atoms with Crippen LogP contribution in [0.4, 0.5) is 5.69 Å². The molecule has 9 heteroatoms. The summed E-state index contributed by atoms with van der Waals surface area (Å²) in [6.45, 7) is 1.79. The number of fused-ring (bicyclic) bond motifs is 1. The van der Waals surface area contributed by atoms with Gasteiger partial charge in [-0.05, 0) is 36.1 Å². The van der Waals surface area contributed by atoms with Gasteiger partial charge in [0.1, 0.15) is 0 Å². The number of nitrogens with zero attached hydrogens (tertiary/aromatic N) is 3. The number of hydrazone groups is 1. The van der Waals surface area contributed by atoms with Crippen molar-refractivity contribution in [2.24, 2.45) is 5.10 Å². The number of aromatic nitrogens is 1. The van der Waals surface area contributed by atoms with Crippen LogP contribution in [-0.4, -0.2) is 29.6 Å². The van der Waals surface area contributed by atoms with E-state index in [1.807, 2.05) is 24.3 Å². The van der Waals surface area contributed by atoms with Crippen LogP contribution >= 0.6 is 0 Å². The number of hydrogen-bond acceptors (Lipinski definition) is 6. The molecule has 0 spiro atoms. The number of carbonyl (C=O) groups is 2. The van der Waals surface area contributed by atoms with E-state index in [1.165, 1.54) is 35.0 Å². The third kappa shape index (κ3) is 4.82. The van der Waals surface area contributed by atoms with Crippen LogP contribution in [0.5, 0.6) is 0 Å². The maximum Gasteiger partial charge on any atom is 0.386 e. The number of nitrogens with one attached hydrogen (secondary N) is 1. The van der Waals surface area contributed by atoms with Crippen LogP contribution < -0.4 is 9.99 Å². The third-order valence-corrected chi connectivity index (χ3v) is 4.26. The zero-order chi connectivity index (χ0) is 21.5. The number of carbonyl (C=O) groups excluding carboxylic acids is 2. The molecule has 9 nitrogen and oxygen atoms in total. The molecule has 0 saturated heterocycles. The Morgan fingerprint density at radius 2 is 1.87 bits per heavy atom. The topological polar surface area (TPSA) is 115 Å². The maximum atomic E-state index is 12.7. The first kappa shape index (κ1) is 20.6. The van der Waals surface area contributed by atoms with Gasteiger partial charge in [0, 0.05) is 23.6 Å². The van der Waals surface area contributed by atoms with Crippen molar-refractivity contribution in [3.8, 4) is 0 Å². The SMILES string of the molecule is CCOC(=O)C(C(=O)NN=Cc1ccc([N+](=O)[O-])cc1)[n+]1ccc2ccccc2c1. The predicted octanol–water partition coefficient (Wildman–Crippen LogP) is 2.29. The molecule has 3 rings (SSSR count). The largest absolute Gasteiger partial charge is 0.461 e. The van der Waals surface area contributed by atoms with Crippen molar-refractivity contribution in [3.05, 3.63) is 82.7 Å². The molecule has 152 valence electrons. The predicted molar refractivity (Wildman–Crippen MR) is 109 cm³/mol. The van der Waals surface area contributed by atoms with Crippen LogP contribution in [0.1, 0.15) is 18.5 Å². The van der Waals surface area contributed by atoms with Gasteiger partial charge in [-0.25, -0.2) is 10.2 Å². The maximum absolute atomic E-state index is 12.7. The zero-order valence-corrected chi connectivity index (χ0v) is 16.1. The first-order valence-corrected chi connectivity index (χ1v) is 9.13. The zero-order valence-electron chi connectivity index (χ0n) is 16.1. The van der Waals surface area contributed by atoms with E-state index in [0.29, 0.717) is 5.56 Å². The molecular formula is C21H19N4O5+. The minimum atomic E-state index is -1.26. The fraction of sp³-hybridized carbons (Fsp3) is 0.143. The van der Waals surface area contributed by atoms with Gasteiger partial charge < -0.3 is 4.74 Å². The molecule has 0 aliphatic rings. The molecule has 0 radical (unpaired) electrons. The van der Waals surface area contributed by atoms with E-state index < -0.39 is 22.8 Å².